The molecule has 0 spiro atoms. The van der Waals surface area contributed by atoms with Crippen molar-refractivity contribution < 1.29 is 14.3 Å². The van der Waals surface area contributed by atoms with Gasteiger partial charge in [-0.2, -0.15) is 0 Å². The highest BCUT2D eigenvalue weighted by Crippen LogP contribution is 2.31. The first kappa shape index (κ1) is 13.6. The van der Waals surface area contributed by atoms with Crippen molar-refractivity contribution in [1.82, 2.24) is 0 Å². The fourth-order valence-electron chi connectivity index (χ4n) is 1.80. The molecule has 0 aliphatic heterocycles. The summed E-state index contributed by atoms with van der Waals surface area (Å²) in [6.07, 6.45) is 0.296. The summed E-state index contributed by atoms with van der Waals surface area (Å²) in [5.74, 6) is -0.891. The molecule has 0 heterocycles. The summed E-state index contributed by atoms with van der Waals surface area (Å²) in [5.41, 5.74) is 5.64. The van der Waals surface area contributed by atoms with Gasteiger partial charge in [-0.3, -0.25) is 4.79 Å². The van der Waals surface area contributed by atoms with Gasteiger partial charge in [0.05, 0.1) is 0 Å². The zero-order chi connectivity index (χ0) is 13.1. The van der Waals surface area contributed by atoms with Crippen molar-refractivity contribution >= 4 is 5.97 Å². The van der Waals surface area contributed by atoms with E-state index in [2.05, 4.69) is 0 Å². The van der Waals surface area contributed by atoms with Gasteiger partial charge in [0.1, 0.15) is 5.67 Å². The second kappa shape index (κ2) is 5.27. The first-order valence-corrected chi connectivity index (χ1v) is 5.58. The summed E-state index contributed by atoms with van der Waals surface area (Å²) in [5, 5.41) is 8.61. The van der Waals surface area contributed by atoms with Crippen LogP contribution in [0.2, 0.25) is 0 Å². The average Bonchev–Trinajstić information content (AvgIpc) is 2.24. The fraction of sp³-hybridized carbons (Fsp3) is 0.462. The molecule has 17 heavy (non-hydrogen) atoms. The zero-order valence-corrected chi connectivity index (χ0v) is 10.1. The lowest BCUT2D eigenvalue weighted by Gasteiger charge is -2.22. The summed E-state index contributed by atoms with van der Waals surface area (Å²) in [6.45, 7) is 2.94. The second-order valence-corrected chi connectivity index (χ2v) is 4.60. The normalized spacial score (nSPS) is 13.4. The summed E-state index contributed by atoms with van der Waals surface area (Å²) < 4.78 is 14.0. The van der Waals surface area contributed by atoms with E-state index in [0.29, 0.717) is 17.5 Å². The van der Waals surface area contributed by atoms with Crippen molar-refractivity contribution in [1.29, 1.82) is 0 Å². The minimum Gasteiger partial charge on any atom is -0.481 e. The van der Waals surface area contributed by atoms with E-state index in [1.165, 1.54) is 13.8 Å². The number of hydrogen-bond acceptors (Lipinski definition) is 2. The van der Waals surface area contributed by atoms with Crippen LogP contribution in [0.1, 0.15) is 43.9 Å². The highest BCUT2D eigenvalue weighted by Gasteiger charge is 2.24. The Morgan fingerprint density at radius 3 is 2.59 bits per heavy atom. The molecule has 3 N–H and O–H groups in total. The second-order valence-electron chi connectivity index (χ2n) is 4.60. The van der Waals surface area contributed by atoms with Crippen molar-refractivity contribution in [3.8, 4) is 0 Å². The van der Waals surface area contributed by atoms with Gasteiger partial charge in [-0.25, -0.2) is 4.39 Å². The lowest BCUT2D eigenvalue weighted by Crippen LogP contribution is -2.19. The molecule has 1 unspecified atom stereocenters. The maximum atomic E-state index is 14.0. The number of rotatable bonds is 5. The molecule has 1 aromatic carbocycles. The maximum absolute atomic E-state index is 14.0. The van der Waals surface area contributed by atoms with Crippen molar-refractivity contribution in [2.75, 3.05) is 0 Å². The van der Waals surface area contributed by atoms with Gasteiger partial charge < -0.3 is 10.8 Å². The maximum Gasteiger partial charge on any atom is 0.303 e. The van der Waals surface area contributed by atoms with Crippen LogP contribution in [0.4, 0.5) is 4.39 Å². The number of benzene rings is 1. The minimum absolute atomic E-state index is 0.0117. The number of halogens is 1. The van der Waals surface area contributed by atoms with Crippen LogP contribution in [0, 0.1) is 0 Å². The molecular weight excluding hydrogens is 221 g/mol. The molecule has 1 rings (SSSR count). The quantitative estimate of drug-likeness (QED) is 0.830. The van der Waals surface area contributed by atoms with Gasteiger partial charge >= 0.3 is 5.97 Å². The van der Waals surface area contributed by atoms with Crippen molar-refractivity contribution in [3.63, 3.8) is 0 Å². The smallest absolute Gasteiger partial charge is 0.303 e. The molecule has 1 aromatic rings. The number of carboxylic acid groups (broad SMARTS) is 1. The molecule has 3 nitrogen and oxygen atoms in total. The molecule has 0 aliphatic carbocycles. The molecular formula is C13H18FNO2. The predicted molar refractivity (Wildman–Crippen MR) is 64.4 cm³/mol. The number of alkyl halides is 1. The Morgan fingerprint density at radius 2 is 2.06 bits per heavy atom. The number of aliphatic carboxylic acids is 1. The molecule has 0 saturated heterocycles. The standard InChI is InChI=1S/C13H18FNO2/c1-13(2,14)10-6-4-3-5-9(10)11(15)7-8-12(16)17/h3-6,11H,7-8,15H2,1-2H3,(H,16,17). The van der Waals surface area contributed by atoms with Crippen molar-refractivity contribution in [2.45, 2.75) is 38.4 Å². The number of carboxylic acids is 1. The Bertz CT molecular complexity index is 399. The van der Waals surface area contributed by atoms with E-state index in [-0.39, 0.29) is 6.42 Å². The van der Waals surface area contributed by atoms with Gasteiger partial charge in [-0.15, -0.1) is 0 Å². The summed E-state index contributed by atoms with van der Waals surface area (Å²) >= 11 is 0. The van der Waals surface area contributed by atoms with Gasteiger partial charge in [-0.05, 0) is 31.4 Å². The topological polar surface area (TPSA) is 63.3 Å². The SMILES string of the molecule is CC(C)(F)c1ccccc1C(N)CCC(=O)O. The average molecular weight is 239 g/mol. The number of nitrogens with two attached hydrogens (primary N) is 1. The van der Waals surface area contributed by atoms with Crippen LogP contribution in [0.25, 0.3) is 0 Å². The van der Waals surface area contributed by atoms with E-state index in [9.17, 15) is 9.18 Å². The molecule has 0 amide bonds. The number of hydrogen-bond donors (Lipinski definition) is 2. The van der Waals surface area contributed by atoms with Gasteiger partial charge in [0.2, 0.25) is 0 Å². The monoisotopic (exact) mass is 239 g/mol. The van der Waals surface area contributed by atoms with Crippen LogP contribution < -0.4 is 5.73 Å². The van der Waals surface area contributed by atoms with Gasteiger partial charge in [-0.1, -0.05) is 24.3 Å². The summed E-state index contributed by atoms with van der Waals surface area (Å²) in [4.78, 5) is 10.5. The van der Waals surface area contributed by atoms with Crippen molar-refractivity contribution in [3.05, 3.63) is 35.4 Å². The molecule has 0 aromatic heterocycles. The molecule has 94 valence electrons. The largest absolute Gasteiger partial charge is 0.481 e. The van der Waals surface area contributed by atoms with E-state index in [1.54, 1.807) is 24.3 Å². The minimum atomic E-state index is -1.47. The Balaban J connectivity index is 2.93. The van der Waals surface area contributed by atoms with Crippen LogP contribution in [0.5, 0.6) is 0 Å². The Morgan fingerprint density at radius 1 is 1.47 bits per heavy atom. The van der Waals surface area contributed by atoms with E-state index >= 15 is 0 Å². The third-order valence-electron chi connectivity index (χ3n) is 2.67. The van der Waals surface area contributed by atoms with E-state index in [4.69, 9.17) is 10.8 Å². The zero-order valence-electron chi connectivity index (χ0n) is 10.1. The van der Waals surface area contributed by atoms with Crippen LogP contribution in [-0.2, 0) is 10.5 Å². The van der Waals surface area contributed by atoms with Crippen molar-refractivity contribution in [2.24, 2.45) is 5.73 Å². The van der Waals surface area contributed by atoms with Gasteiger partial charge in [0.15, 0.2) is 0 Å². The molecule has 1 atom stereocenters. The highest BCUT2D eigenvalue weighted by atomic mass is 19.1. The van der Waals surface area contributed by atoms with Gasteiger partial charge in [0, 0.05) is 12.5 Å². The van der Waals surface area contributed by atoms with E-state index in [0.717, 1.165) is 0 Å². The Hall–Kier alpha value is -1.42. The molecule has 4 heteroatoms. The third kappa shape index (κ3) is 3.82. The third-order valence-corrected chi connectivity index (χ3v) is 2.67. The molecule has 0 bridgehead atoms. The van der Waals surface area contributed by atoms with E-state index in [1.807, 2.05) is 0 Å². The first-order valence-electron chi connectivity index (χ1n) is 5.58. The summed E-state index contributed by atoms with van der Waals surface area (Å²) in [7, 11) is 0. The highest BCUT2D eigenvalue weighted by molar-refractivity contribution is 5.66. The predicted octanol–water partition coefficient (Wildman–Crippen LogP) is 2.76. The molecule has 0 fully saturated rings. The lowest BCUT2D eigenvalue weighted by molar-refractivity contribution is -0.137. The molecule has 0 radical (unpaired) electrons. The Kier molecular flexibility index (Phi) is 4.23. The van der Waals surface area contributed by atoms with Crippen LogP contribution >= 0.6 is 0 Å². The first-order chi connectivity index (χ1) is 7.82. The molecule has 0 aliphatic rings. The number of carbonyl (C=O) groups is 1. The molecule has 0 saturated carbocycles. The van der Waals surface area contributed by atoms with Crippen LogP contribution in [0.15, 0.2) is 24.3 Å². The lowest BCUT2D eigenvalue weighted by atomic mass is 9.89. The Labute approximate surface area is 100 Å². The van der Waals surface area contributed by atoms with Crippen LogP contribution in [0.3, 0.4) is 0 Å². The fourth-order valence-corrected chi connectivity index (χ4v) is 1.80. The van der Waals surface area contributed by atoms with Crippen LogP contribution in [-0.4, -0.2) is 11.1 Å². The van der Waals surface area contributed by atoms with Gasteiger partial charge in [0.25, 0.3) is 0 Å². The summed E-state index contributed by atoms with van der Waals surface area (Å²) in [6, 6.07) is 6.53. The van der Waals surface area contributed by atoms with E-state index < -0.39 is 17.7 Å².